The van der Waals surface area contributed by atoms with Gasteiger partial charge < -0.3 is 20.5 Å². The second kappa shape index (κ2) is 9.14. The average molecular weight is 356 g/mol. The minimum Gasteiger partial charge on any atom is -0.490 e. The number of hydrogen-bond donors (Lipinski definition) is 2. The highest BCUT2D eigenvalue weighted by Gasteiger charge is 2.24. The van der Waals surface area contributed by atoms with Crippen molar-refractivity contribution in [2.24, 2.45) is 11.7 Å². The van der Waals surface area contributed by atoms with Crippen LogP contribution in [0, 0.1) is 5.92 Å². The molecule has 134 valence electrons. The molecule has 0 spiro atoms. The molecule has 0 aliphatic heterocycles. The molecule has 0 unspecified atom stereocenters. The summed E-state index contributed by atoms with van der Waals surface area (Å²) in [6.45, 7) is 5.36. The Labute approximate surface area is 148 Å². The fourth-order valence-electron chi connectivity index (χ4n) is 3.24. The molecule has 1 aliphatic rings. The van der Waals surface area contributed by atoms with Crippen LogP contribution >= 0.6 is 11.6 Å². The van der Waals surface area contributed by atoms with Gasteiger partial charge in [0.1, 0.15) is 6.54 Å². The second-order valence-electron chi connectivity index (χ2n) is 6.44. The highest BCUT2D eigenvalue weighted by molar-refractivity contribution is 6.31. The maximum atomic E-state index is 10.9. The molecule has 2 rings (SSSR count). The zero-order valence-electron chi connectivity index (χ0n) is 14.5. The van der Waals surface area contributed by atoms with Gasteiger partial charge in [0.15, 0.2) is 18.1 Å². The molecule has 0 heterocycles. The molecule has 4 N–H and O–H groups in total. The fourth-order valence-corrected chi connectivity index (χ4v) is 3.47. The van der Waals surface area contributed by atoms with E-state index in [2.05, 4.69) is 12.2 Å². The van der Waals surface area contributed by atoms with Crippen LogP contribution in [0.5, 0.6) is 11.5 Å². The average Bonchev–Trinajstić information content (AvgIpc) is 2.55. The van der Waals surface area contributed by atoms with Crippen LogP contribution < -0.4 is 20.5 Å². The van der Waals surface area contributed by atoms with Gasteiger partial charge in [0.25, 0.3) is 5.91 Å². The first-order valence-corrected chi connectivity index (χ1v) is 9.08. The molecule has 0 aromatic heterocycles. The molecule has 1 saturated carbocycles. The summed E-state index contributed by atoms with van der Waals surface area (Å²) in [5.74, 6) is 1.26. The maximum Gasteiger partial charge on any atom is 0.255 e. The van der Waals surface area contributed by atoms with Gasteiger partial charge in [-0.3, -0.25) is 4.79 Å². The Morgan fingerprint density at radius 3 is 2.67 bits per heavy atom. The van der Waals surface area contributed by atoms with E-state index in [1.807, 2.05) is 13.0 Å². The van der Waals surface area contributed by atoms with Crippen molar-refractivity contribution >= 4 is 17.5 Å². The second-order valence-corrected chi connectivity index (χ2v) is 6.85. The number of quaternary nitrogens is 1. The molecule has 6 heteroatoms. The standard InChI is InChI=1S/C18H27ClN2O3/c1-3-23-16-8-13(10-21-15-7-5-4-6-12(15)2)14(19)9-17(16)24-11-18(20)22/h8-9,12,15,21H,3-7,10-11H2,1-2H3,(H2,20,22)/p+1/t12-,15-/m1/s1. The van der Waals surface area contributed by atoms with Crippen LogP contribution in [0.3, 0.4) is 0 Å². The lowest BCUT2D eigenvalue weighted by molar-refractivity contribution is -0.712. The predicted octanol–water partition coefficient (Wildman–Crippen LogP) is 2.24. The van der Waals surface area contributed by atoms with Crippen LogP contribution in [0.1, 0.15) is 45.1 Å². The number of primary amides is 1. The molecule has 1 amide bonds. The van der Waals surface area contributed by atoms with Gasteiger partial charge in [-0.2, -0.15) is 0 Å². The van der Waals surface area contributed by atoms with E-state index in [0.717, 1.165) is 18.0 Å². The molecule has 1 aromatic rings. The van der Waals surface area contributed by atoms with Crippen LogP contribution in [0.4, 0.5) is 0 Å². The Morgan fingerprint density at radius 1 is 1.29 bits per heavy atom. The van der Waals surface area contributed by atoms with Crippen molar-refractivity contribution in [1.82, 2.24) is 0 Å². The first kappa shape index (κ1) is 18.9. The Balaban J connectivity index is 2.08. The van der Waals surface area contributed by atoms with E-state index < -0.39 is 5.91 Å². The number of rotatable bonds is 8. The minimum atomic E-state index is -0.530. The zero-order chi connectivity index (χ0) is 17.5. The van der Waals surface area contributed by atoms with E-state index in [-0.39, 0.29) is 6.61 Å². The highest BCUT2D eigenvalue weighted by Crippen LogP contribution is 2.33. The van der Waals surface area contributed by atoms with Crippen LogP contribution in [-0.2, 0) is 11.3 Å². The third-order valence-corrected chi connectivity index (χ3v) is 4.95. The van der Waals surface area contributed by atoms with Gasteiger partial charge in [-0.05, 0) is 32.3 Å². The molecule has 1 fully saturated rings. The summed E-state index contributed by atoms with van der Waals surface area (Å²) < 4.78 is 11.0. The molecule has 24 heavy (non-hydrogen) atoms. The Hall–Kier alpha value is -1.46. The van der Waals surface area contributed by atoms with E-state index in [0.29, 0.717) is 29.2 Å². The summed E-state index contributed by atoms with van der Waals surface area (Å²) in [5.41, 5.74) is 6.15. The molecule has 2 atom stereocenters. The molecular formula is C18H28ClN2O3+. The third kappa shape index (κ3) is 5.28. The van der Waals surface area contributed by atoms with Gasteiger partial charge in [-0.15, -0.1) is 0 Å². The van der Waals surface area contributed by atoms with Crippen molar-refractivity contribution in [3.63, 3.8) is 0 Å². The van der Waals surface area contributed by atoms with Crippen molar-refractivity contribution in [2.45, 2.75) is 52.1 Å². The number of carbonyl (C=O) groups is 1. The van der Waals surface area contributed by atoms with Gasteiger partial charge >= 0.3 is 0 Å². The lowest BCUT2D eigenvalue weighted by Crippen LogP contribution is -2.90. The minimum absolute atomic E-state index is 0.193. The first-order chi connectivity index (χ1) is 11.5. The molecule has 1 aliphatic carbocycles. The normalized spacial score (nSPS) is 20.6. The number of hydrogen-bond acceptors (Lipinski definition) is 3. The number of halogens is 1. The van der Waals surface area contributed by atoms with Crippen molar-refractivity contribution in [1.29, 1.82) is 0 Å². The summed E-state index contributed by atoms with van der Waals surface area (Å²) in [5, 5.41) is 3.00. The first-order valence-electron chi connectivity index (χ1n) is 8.71. The smallest absolute Gasteiger partial charge is 0.255 e. The van der Waals surface area contributed by atoms with Gasteiger partial charge in [0, 0.05) is 17.5 Å². The van der Waals surface area contributed by atoms with E-state index >= 15 is 0 Å². The number of nitrogens with two attached hydrogens (primary N) is 2. The van der Waals surface area contributed by atoms with Crippen LogP contribution in [-0.4, -0.2) is 25.2 Å². The van der Waals surface area contributed by atoms with Crippen molar-refractivity contribution in [2.75, 3.05) is 13.2 Å². The summed E-state index contributed by atoms with van der Waals surface area (Å²) in [6, 6.07) is 4.27. The zero-order valence-corrected chi connectivity index (χ0v) is 15.3. The Bertz CT molecular complexity index is 565. The van der Waals surface area contributed by atoms with Gasteiger partial charge in [0.05, 0.1) is 17.7 Å². The quantitative estimate of drug-likeness (QED) is 0.750. The van der Waals surface area contributed by atoms with E-state index in [1.165, 1.54) is 25.7 Å². The fraction of sp³-hybridized carbons (Fsp3) is 0.611. The maximum absolute atomic E-state index is 10.9. The molecule has 1 aromatic carbocycles. The van der Waals surface area contributed by atoms with Gasteiger partial charge in [0.2, 0.25) is 0 Å². The lowest BCUT2D eigenvalue weighted by atomic mass is 9.86. The SMILES string of the molecule is CCOc1cc(C[NH2+][C@@H]2CCCC[C@H]2C)c(Cl)cc1OCC(N)=O. The molecule has 0 saturated heterocycles. The van der Waals surface area contributed by atoms with Gasteiger partial charge in [-0.25, -0.2) is 0 Å². The van der Waals surface area contributed by atoms with Crippen LogP contribution in [0.2, 0.25) is 5.02 Å². The van der Waals surface area contributed by atoms with Gasteiger partial charge in [-0.1, -0.05) is 24.9 Å². The van der Waals surface area contributed by atoms with Crippen LogP contribution in [0.15, 0.2) is 12.1 Å². The van der Waals surface area contributed by atoms with E-state index in [9.17, 15) is 4.79 Å². The van der Waals surface area contributed by atoms with Crippen molar-refractivity contribution in [3.8, 4) is 11.5 Å². The predicted molar refractivity (Wildman–Crippen MR) is 94.4 cm³/mol. The summed E-state index contributed by atoms with van der Waals surface area (Å²) in [4.78, 5) is 10.9. The number of amides is 1. The number of benzene rings is 1. The van der Waals surface area contributed by atoms with E-state index in [1.54, 1.807) is 6.07 Å². The largest absolute Gasteiger partial charge is 0.490 e. The monoisotopic (exact) mass is 355 g/mol. The number of ether oxygens (including phenoxy) is 2. The lowest BCUT2D eigenvalue weighted by Gasteiger charge is -2.27. The Kier molecular flexibility index (Phi) is 7.18. The van der Waals surface area contributed by atoms with Crippen LogP contribution in [0.25, 0.3) is 0 Å². The third-order valence-electron chi connectivity index (χ3n) is 4.60. The van der Waals surface area contributed by atoms with E-state index in [4.69, 9.17) is 26.8 Å². The molecule has 0 bridgehead atoms. The Morgan fingerprint density at radius 2 is 2.00 bits per heavy atom. The van der Waals surface area contributed by atoms with Crippen molar-refractivity contribution < 1.29 is 19.6 Å². The highest BCUT2D eigenvalue weighted by atomic mass is 35.5. The molecular weight excluding hydrogens is 328 g/mol. The summed E-state index contributed by atoms with van der Waals surface area (Å²) in [6.07, 6.45) is 5.21. The molecule has 0 radical (unpaired) electrons. The summed E-state index contributed by atoms with van der Waals surface area (Å²) in [7, 11) is 0. The molecule has 5 nitrogen and oxygen atoms in total. The number of carbonyl (C=O) groups excluding carboxylic acids is 1. The van der Waals surface area contributed by atoms with Crippen molar-refractivity contribution in [3.05, 3.63) is 22.7 Å². The summed E-state index contributed by atoms with van der Waals surface area (Å²) >= 11 is 6.40. The topological polar surface area (TPSA) is 78.2 Å².